The number of anilines is 1. The second kappa shape index (κ2) is 11.8. The van der Waals surface area contributed by atoms with Gasteiger partial charge < -0.3 is 20.3 Å². The third-order valence-electron chi connectivity index (χ3n) is 4.94. The second-order valence-corrected chi connectivity index (χ2v) is 6.86. The van der Waals surface area contributed by atoms with Gasteiger partial charge in [0.05, 0.1) is 6.61 Å². The number of nitrogens with zero attached hydrogens (tertiary/aromatic N) is 2. The van der Waals surface area contributed by atoms with Gasteiger partial charge in [0.1, 0.15) is 0 Å². The van der Waals surface area contributed by atoms with E-state index in [1.165, 1.54) is 11.8 Å². The van der Waals surface area contributed by atoms with Crippen LogP contribution < -0.4 is 20.3 Å². The Kier molecular flexibility index (Phi) is 9.50. The van der Waals surface area contributed by atoms with E-state index in [1.54, 1.807) is 13.1 Å². The zero-order valence-corrected chi connectivity index (χ0v) is 19.4. The number of para-hydroxylation sites is 1. The van der Waals surface area contributed by atoms with Crippen LogP contribution in [0.15, 0.2) is 53.5 Å². The molecule has 0 unspecified atom stereocenters. The van der Waals surface area contributed by atoms with E-state index >= 15 is 0 Å². The van der Waals surface area contributed by atoms with Crippen molar-refractivity contribution in [2.24, 2.45) is 4.99 Å². The Morgan fingerprint density at radius 1 is 1.17 bits per heavy atom. The van der Waals surface area contributed by atoms with Crippen LogP contribution in [-0.2, 0) is 6.54 Å². The number of ether oxygens (including phenoxy) is 1. The lowest BCUT2D eigenvalue weighted by atomic mass is 10.0. The molecule has 1 aliphatic heterocycles. The standard InChI is InChI=1S/C22H29FN4O.HI/c1-3-28-21-10-9-17(15-20(21)23)16-25-22(24-2)26-18-11-13-27(14-12-18)19-7-5-4-6-8-19;/h4-10,15,18H,3,11-14,16H2,1-2H3,(H2,24,25,26);1H. The SMILES string of the molecule is CCOc1ccc(CNC(=NC)NC2CCN(c3ccccc3)CC2)cc1F.I. The predicted octanol–water partition coefficient (Wildman–Crippen LogP) is 4.18. The van der Waals surface area contributed by atoms with Gasteiger partial charge in [-0.15, -0.1) is 24.0 Å². The van der Waals surface area contributed by atoms with Gasteiger partial charge in [-0.2, -0.15) is 0 Å². The minimum Gasteiger partial charge on any atom is -0.491 e. The van der Waals surface area contributed by atoms with Gasteiger partial charge >= 0.3 is 0 Å². The third-order valence-corrected chi connectivity index (χ3v) is 4.94. The highest BCUT2D eigenvalue weighted by Gasteiger charge is 2.20. The van der Waals surface area contributed by atoms with Crippen LogP contribution in [0.2, 0.25) is 0 Å². The number of aliphatic imine (C=N–C) groups is 1. The van der Waals surface area contributed by atoms with Gasteiger partial charge in [-0.05, 0) is 49.6 Å². The molecule has 0 bridgehead atoms. The molecule has 1 fully saturated rings. The molecule has 2 aromatic rings. The molecule has 0 amide bonds. The Hall–Kier alpha value is -2.03. The fourth-order valence-electron chi connectivity index (χ4n) is 3.42. The maximum Gasteiger partial charge on any atom is 0.191 e. The van der Waals surface area contributed by atoms with Crippen molar-refractivity contribution >= 4 is 35.6 Å². The number of benzene rings is 2. The van der Waals surface area contributed by atoms with Crippen molar-refractivity contribution in [3.05, 3.63) is 59.9 Å². The number of hydrogen-bond donors (Lipinski definition) is 2. The van der Waals surface area contributed by atoms with Gasteiger partial charge in [-0.25, -0.2) is 4.39 Å². The third kappa shape index (κ3) is 6.76. The summed E-state index contributed by atoms with van der Waals surface area (Å²) in [5.74, 6) is 0.698. The number of rotatable bonds is 6. The first kappa shape index (κ1) is 23.3. The summed E-state index contributed by atoms with van der Waals surface area (Å²) in [5.41, 5.74) is 2.13. The van der Waals surface area contributed by atoms with Gasteiger partial charge in [-0.1, -0.05) is 24.3 Å². The minimum absolute atomic E-state index is 0. The maximum absolute atomic E-state index is 14.0. The van der Waals surface area contributed by atoms with Crippen molar-refractivity contribution in [3.63, 3.8) is 0 Å². The zero-order valence-electron chi connectivity index (χ0n) is 17.0. The van der Waals surface area contributed by atoms with Gasteiger partial charge in [0.25, 0.3) is 0 Å². The summed E-state index contributed by atoms with van der Waals surface area (Å²) in [6.45, 7) is 4.83. The van der Waals surface area contributed by atoms with Gasteiger partial charge in [0.2, 0.25) is 0 Å². The monoisotopic (exact) mass is 512 g/mol. The van der Waals surface area contributed by atoms with Gasteiger partial charge in [0, 0.05) is 38.4 Å². The molecule has 5 nitrogen and oxygen atoms in total. The van der Waals surface area contributed by atoms with Crippen LogP contribution in [0.3, 0.4) is 0 Å². The highest BCUT2D eigenvalue weighted by molar-refractivity contribution is 14.0. The summed E-state index contributed by atoms with van der Waals surface area (Å²) in [6.07, 6.45) is 2.10. The molecule has 0 saturated carbocycles. The fraction of sp³-hybridized carbons (Fsp3) is 0.409. The Morgan fingerprint density at radius 3 is 2.52 bits per heavy atom. The number of nitrogens with one attached hydrogen (secondary N) is 2. The van der Waals surface area contributed by atoms with Crippen LogP contribution in [0.4, 0.5) is 10.1 Å². The Bertz CT molecular complexity index is 780. The molecule has 0 aliphatic carbocycles. The summed E-state index contributed by atoms with van der Waals surface area (Å²) in [7, 11) is 1.76. The molecule has 158 valence electrons. The van der Waals surface area contributed by atoms with E-state index < -0.39 is 0 Å². The molecule has 7 heteroatoms. The summed E-state index contributed by atoms with van der Waals surface area (Å²) in [6, 6.07) is 15.9. The smallest absolute Gasteiger partial charge is 0.191 e. The molecular formula is C22H30FIN4O. The molecule has 29 heavy (non-hydrogen) atoms. The number of halogens is 2. The topological polar surface area (TPSA) is 48.9 Å². The lowest BCUT2D eigenvalue weighted by molar-refractivity contribution is 0.321. The predicted molar refractivity (Wildman–Crippen MR) is 128 cm³/mol. The first-order valence-electron chi connectivity index (χ1n) is 9.88. The molecule has 2 aromatic carbocycles. The molecular weight excluding hydrogens is 482 g/mol. The fourth-order valence-corrected chi connectivity index (χ4v) is 3.42. The number of guanidine groups is 1. The van der Waals surface area contributed by atoms with Crippen LogP contribution in [0.25, 0.3) is 0 Å². The molecule has 3 rings (SSSR count). The highest BCUT2D eigenvalue weighted by atomic mass is 127. The normalized spacial score (nSPS) is 14.9. The second-order valence-electron chi connectivity index (χ2n) is 6.86. The average molecular weight is 512 g/mol. The summed E-state index contributed by atoms with van der Waals surface area (Å²) < 4.78 is 19.2. The minimum atomic E-state index is -0.336. The van der Waals surface area contributed by atoms with E-state index in [0.29, 0.717) is 24.9 Å². The largest absolute Gasteiger partial charge is 0.491 e. The lowest BCUT2D eigenvalue weighted by Crippen LogP contribution is -2.48. The zero-order chi connectivity index (χ0) is 19.8. The van der Waals surface area contributed by atoms with Crippen LogP contribution in [0.1, 0.15) is 25.3 Å². The molecule has 0 radical (unpaired) electrons. The Labute approximate surface area is 189 Å². The maximum atomic E-state index is 14.0. The van der Waals surface area contributed by atoms with Crippen LogP contribution in [-0.4, -0.2) is 38.7 Å². The highest BCUT2D eigenvalue weighted by Crippen LogP contribution is 2.20. The summed E-state index contributed by atoms with van der Waals surface area (Å²) in [4.78, 5) is 6.72. The van der Waals surface area contributed by atoms with Crippen molar-refractivity contribution in [3.8, 4) is 5.75 Å². The number of piperidine rings is 1. The quantitative estimate of drug-likeness (QED) is 0.347. The van der Waals surface area contributed by atoms with Gasteiger partial charge in [-0.3, -0.25) is 4.99 Å². The molecule has 2 N–H and O–H groups in total. The van der Waals surface area contributed by atoms with E-state index in [4.69, 9.17) is 4.74 Å². The van der Waals surface area contributed by atoms with Crippen LogP contribution in [0, 0.1) is 5.82 Å². The summed E-state index contributed by atoms with van der Waals surface area (Å²) in [5, 5.41) is 6.76. The lowest BCUT2D eigenvalue weighted by Gasteiger charge is -2.34. The van der Waals surface area contributed by atoms with E-state index in [-0.39, 0.29) is 29.8 Å². The van der Waals surface area contributed by atoms with E-state index in [2.05, 4.69) is 44.8 Å². The van der Waals surface area contributed by atoms with Crippen molar-refractivity contribution < 1.29 is 9.13 Å². The van der Waals surface area contributed by atoms with E-state index in [9.17, 15) is 4.39 Å². The molecule has 0 aromatic heterocycles. The summed E-state index contributed by atoms with van der Waals surface area (Å²) >= 11 is 0. The first-order valence-corrected chi connectivity index (χ1v) is 9.88. The van der Waals surface area contributed by atoms with Crippen molar-refractivity contribution in [1.29, 1.82) is 0 Å². The molecule has 1 saturated heterocycles. The van der Waals surface area contributed by atoms with Crippen molar-refractivity contribution in [2.75, 3.05) is 31.6 Å². The van der Waals surface area contributed by atoms with Crippen molar-refractivity contribution in [1.82, 2.24) is 10.6 Å². The average Bonchev–Trinajstić information content (AvgIpc) is 2.74. The molecule has 1 aliphatic rings. The molecule has 1 heterocycles. The molecule has 0 atom stereocenters. The van der Waals surface area contributed by atoms with Crippen LogP contribution >= 0.6 is 24.0 Å². The van der Waals surface area contributed by atoms with E-state index in [0.717, 1.165) is 37.5 Å². The Morgan fingerprint density at radius 2 is 1.90 bits per heavy atom. The van der Waals surface area contributed by atoms with Crippen molar-refractivity contribution in [2.45, 2.75) is 32.4 Å². The van der Waals surface area contributed by atoms with Crippen LogP contribution in [0.5, 0.6) is 5.75 Å². The van der Waals surface area contributed by atoms with Gasteiger partial charge in [0.15, 0.2) is 17.5 Å². The number of hydrogen-bond acceptors (Lipinski definition) is 3. The first-order chi connectivity index (χ1) is 13.7. The van der Waals surface area contributed by atoms with E-state index in [1.807, 2.05) is 19.1 Å². The molecule has 0 spiro atoms. The Balaban J connectivity index is 0.00000300.